The third-order valence-corrected chi connectivity index (χ3v) is 5.90. The molecular formula is C20H29N5OS. The molecule has 0 unspecified atom stereocenters. The van der Waals surface area contributed by atoms with E-state index in [1.165, 1.54) is 0 Å². The third kappa shape index (κ3) is 4.30. The molecular weight excluding hydrogens is 358 g/mol. The second-order valence-corrected chi connectivity index (χ2v) is 7.44. The Balaban J connectivity index is 1.65. The lowest BCUT2D eigenvalue weighted by Crippen LogP contribution is -2.43. The van der Waals surface area contributed by atoms with E-state index in [0.717, 1.165) is 55.2 Å². The van der Waals surface area contributed by atoms with Crippen LogP contribution in [0.1, 0.15) is 26.7 Å². The first-order valence-electron chi connectivity index (χ1n) is 9.75. The van der Waals surface area contributed by atoms with Gasteiger partial charge in [0.1, 0.15) is 0 Å². The average molecular weight is 388 g/mol. The van der Waals surface area contributed by atoms with E-state index >= 15 is 0 Å². The normalized spacial score (nSPS) is 15.8. The highest BCUT2D eigenvalue weighted by atomic mass is 32.1. The van der Waals surface area contributed by atoms with Crippen LogP contribution in [0.25, 0.3) is 11.4 Å². The zero-order valence-corrected chi connectivity index (χ0v) is 17.3. The van der Waals surface area contributed by atoms with Gasteiger partial charge in [0.2, 0.25) is 5.91 Å². The van der Waals surface area contributed by atoms with Crippen LogP contribution in [0.5, 0.6) is 0 Å². The van der Waals surface area contributed by atoms with Crippen molar-refractivity contribution in [3.63, 3.8) is 0 Å². The van der Waals surface area contributed by atoms with Crippen LogP contribution in [-0.4, -0.2) is 56.2 Å². The standard InChI is InChI=1S/C20H29N5OS/c1-4-24(5-2)19(26)17-11-13-23(14-12-17)15-25-20(27)22(3)18(21-25)16-9-7-6-8-10-16/h6-10,17H,4-5,11-15H2,1-3H3. The number of hydrogen-bond acceptors (Lipinski definition) is 4. The summed E-state index contributed by atoms with van der Waals surface area (Å²) in [6, 6.07) is 10.1. The molecule has 27 heavy (non-hydrogen) atoms. The van der Waals surface area contributed by atoms with E-state index in [-0.39, 0.29) is 5.92 Å². The maximum absolute atomic E-state index is 12.6. The van der Waals surface area contributed by atoms with Crippen molar-refractivity contribution in [1.82, 2.24) is 24.1 Å². The molecule has 1 amide bonds. The van der Waals surface area contributed by atoms with Gasteiger partial charge in [-0.05, 0) is 38.9 Å². The number of benzene rings is 1. The van der Waals surface area contributed by atoms with Gasteiger partial charge in [-0.2, -0.15) is 5.10 Å². The Bertz CT molecular complexity index is 817. The van der Waals surface area contributed by atoms with E-state index in [4.69, 9.17) is 17.3 Å². The summed E-state index contributed by atoms with van der Waals surface area (Å²) in [4.78, 5) is 16.8. The smallest absolute Gasteiger partial charge is 0.225 e. The lowest BCUT2D eigenvalue weighted by atomic mass is 9.95. The van der Waals surface area contributed by atoms with Gasteiger partial charge >= 0.3 is 0 Å². The average Bonchev–Trinajstić information content (AvgIpc) is 2.98. The molecule has 0 saturated carbocycles. The summed E-state index contributed by atoms with van der Waals surface area (Å²) < 4.78 is 4.57. The maximum atomic E-state index is 12.6. The fraction of sp³-hybridized carbons (Fsp3) is 0.550. The Morgan fingerprint density at radius 1 is 1.19 bits per heavy atom. The van der Waals surface area contributed by atoms with Gasteiger partial charge in [-0.15, -0.1) is 0 Å². The molecule has 0 aliphatic carbocycles. The second kappa shape index (κ2) is 8.80. The van der Waals surface area contributed by atoms with Gasteiger partial charge in [0.15, 0.2) is 10.6 Å². The lowest BCUT2D eigenvalue weighted by molar-refractivity contribution is -0.136. The summed E-state index contributed by atoms with van der Waals surface area (Å²) in [5, 5.41) is 4.74. The largest absolute Gasteiger partial charge is 0.343 e. The first-order chi connectivity index (χ1) is 13.0. The molecule has 2 aromatic rings. The highest BCUT2D eigenvalue weighted by Gasteiger charge is 2.27. The van der Waals surface area contributed by atoms with Crippen molar-refractivity contribution < 1.29 is 4.79 Å². The van der Waals surface area contributed by atoms with E-state index in [0.29, 0.717) is 12.6 Å². The zero-order chi connectivity index (χ0) is 19.4. The zero-order valence-electron chi connectivity index (χ0n) is 16.5. The fourth-order valence-electron chi connectivity index (χ4n) is 3.72. The third-order valence-electron chi connectivity index (χ3n) is 5.42. The molecule has 6 nitrogen and oxygen atoms in total. The van der Waals surface area contributed by atoms with Crippen LogP contribution in [0.3, 0.4) is 0 Å². The van der Waals surface area contributed by atoms with Crippen molar-refractivity contribution in [3.8, 4) is 11.4 Å². The first-order valence-corrected chi connectivity index (χ1v) is 10.2. The number of amides is 1. The SMILES string of the molecule is CCN(CC)C(=O)C1CCN(Cn2nc(-c3ccccc3)n(C)c2=S)CC1. The van der Waals surface area contributed by atoms with Crippen molar-refractivity contribution in [1.29, 1.82) is 0 Å². The van der Waals surface area contributed by atoms with Crippen LogP contribution in [0.15, 0.2) is 30.3 Å². The summed E-state index contributed by atoms with van der Waals surface area (Å²) in [7, 11) is 1.96. The number of rotatable bonds is 6. The van der Waals surface area contributed by atoms with Gasteiger partial charge in [0.05, 0.1) is 6.67 Å². The molecule has 1 fully saturated rings. The fourth-order valence-corrected chi connectivity index (χ4v) is 3.91. The Labute approximate surface area is 166 Å². The predicted octanol–water partition coefficient (Wildman–Crippen LogP) is 3.16. The molecule has 1 aliphatic rings. The Kier molecular flexibility index (Phi) is 6.44. The van der Waals surface area contributed by atoms with Crippen molar-refractivity contribution in [3.05, 3.63) is 35.1 Å². The monoisotopic (exact) mass is 387 g/mol. The van der Waals surface area contributed by atoms with Crippen molar-refractivity contribution in [2.45, 2.75) is 33.4 Å². The van der Waals surface area contributed by atoms with Crippen molar-refractivity contribution >= 4 is 18.1 Å². The number of carbonyl (C=O) groups excluding carboxylic acids is 1. The van der Waals surface area contributed by atoms with Gasteiger partial charge in [-0.3, -0.25) is 9.69 Å². The van der Waals surface area contributed by atoms with Crippen molar-refractivity contribution in [2.75, 3.05) is 26.2 Å². The van der Waals surface area contributed by atoms with Crippen LogP contribution in [0.4, 0.5) is 0 Å². The minimum absolute atomic E-state index is 0.151. The van der Waals surface area contributed by atoms with Crippen molar-refractivity contribution in [2.24, 2.45) is 13.0 Å². The molecule has 0 bridgehead atoms. The summed E-state index contributed by atoms with van der Waals surface area (Å²) >= 11 is 5.59. The van der Waals surface area contributed by atoms with E-state index in [1.54, 1.807) is 0 Å². The molecule has 0 spiro atoms. The molecule has 2 heterocycles. The van der Waals surface area contributed by atoms with Crippen LogP contribution in [0, 0.1) is 10.7 Å². The lowest BCUT2D eigenvalue weighted by Gasteiger charge is -2.33. The Morgan fingerprint density at radius 2 is 1.81 bits per heavy atom. The van der Waals surface area contributed by atoms with Gasteiger partial charge in [-0.1, -0.05) is 30.3 Å². The summed E-state index contributed by atoms with van der Waals surface area (Å²) in [5.74, 6) is 1.34. The van der Waals surface area contributed by atoms with E-state index in [1.807, 2.05) is 65.4 Å². The number of likely N-dealkylation sites (tertiary alicyclic amines) is 1. The minimum atomic E-state index is 0.151. The van der Waals surface area contributed by atoms with Crippen LogP contribution >= 0.6 is 12.2 Å². The number of hydrogen-bond donors (Lipinski definition) is 0. The molecule has 1 aromatic carbocycles. The van der Waals surface area contributed by atoms with E-state index < -0.39 is 0 Å². The van der Waals surface area contributed by atoms with E-state index in [2.05, 4.69) is 4.90 Å². The molecule has 0 atom stereocenters. The summed E-state index contributed by atoms with van der Waals surface area (Å²) in [5.41, 5.74) is 1.06. The van der Waals surface area contributed by atoms with Crippen LogP contribution in [0.2, 0.25) is 0 Å². The van der Waals surface area contributed by atoms with Gasteiger partial charge < -0.3 is 9.47 Å². The maximum Gasteiger partial charge on any atom is 0.225 e. The highest BCUT2D eigenvalue weighted by molar-refractivity contribution is 7.71. The second-order valence-electron chi connectivity index (χ2n) is 7.08. The molecule has 0 radical (unpaired) electrons. The molecule has 1 saturated heterocycles. The molecule has 146 valence electrons. The van der Waals surface area contributed by atoms with Gasteiger partial charge in [0, 0.05) is 44.7 Å². The minimum Gasteiger partial charge on any atom is -0.343 e. The number of piperidine rings is 1. The van der Waals surface area contributed by atoms with Gasteiger partial charge in [0.25, 0.3) is 0 Å². The molecule has 7 heteroatoms. The summed E-state index contributed by atoms with van der Waals surface area (Å²) in [6.07, 6.45) is 1.81. The quantitative estimate of drug-likeness (QED) is 0.715. The van der Waals surface area contributed by atoms with E-state index in [9.17, 15) is 4.79 Å². The number of nitrogens with zero attached hydrogens (tertiary/aromatic N) is 5. The highest BCUT2D eigenvalue weighted by Crippen LogP contribution is 2.21. The summed E-state index contributed by atoms with van der Waals surface area (Å²) in [6.45, 7) is 8.15. The molecule has 3 rings (SSSR count). The predicted molar refractivity (Wildman–Crippen MR) is 110 cm³/mol. The molecule has 1 aromatic heterocycles. The van der Waals surface area contributed by atoms with Crippen LogP contribution in [-0.2, 0) is 18.5 Å². The molecule has 1 aliphatic heterocycles. The Morgan fingerprint density at radius 3 is 2.41 bits per heavy atom. The van der Waals surface area contributed by atoms with Crippen LogP contribution < -0.4 is 0 Å². The Hall–Kier alpha value is -1.99. The van der Waals surface area contributed by atoms with Gasteiger partial charge in [-0.25, -0.2) is 4.68 Å². The number of carbonyl (C=O) groups is 1. The topological polar surface area (TPSA) is 46.3 Å². The first kappa shape index (κ1) is 19.8. The number of aromatic nitrogens is 3. The molecule has 0 N–H and O–H groups in total.